The molecule has 4 nitrogen and oxygen atoms in total. The maximum absolute atomic E-state index is 12.2. The van der Waals surface area contributed by atoms with Crippen LogP contribution in [0.15, 0.2) is 6.20 Å². The molecule has 0 aliphatic rings. The summed E-state index contributed by atoms with van der Waals surface area (Å²) in [6.07, 6.45) is -4.03. The van der Waals surface area contributed by atoms with E-state index in [1.807, 2.05) is 0 Å². The zero-order valence-electron chi connectivity index (χ0n) is 8.59. The molecule has 0 atom stereocenters. The molecule has 1 heterocycles. The van der Waals surface area contributed by atoms with E-state index in [0.717, 1.165) is 0 Å². The lowest BCUT2D eigenvalue weighted by Gasteiger charge is -2.15. The number of ether oxygens (including phenoxy) is 1. The van der Waals surface area contributed by atoms with Gasteiger partial charge in [-0.15, -0.1) is 13.2 Å². The third kappa shape index (κ3) is 4.26. The summed E-state index contributed by atoms with van der Waals surface area (Å²) in [5, 5.41) is 8.71. The van der Waals surface area contributed by atoms with Crippen LogP contribution in [0.3, 0.4) is 0 Å². The average molecular weight is 440 g/mol. The first-order valence-electron chi connectivity index (χ1n) is 4.44. The van der Waals surface area contributed by atoms with Crippen molar-refractivity contribution in [1.29, 1.82) is 0 Å². The van der Waals surface area contributed by atoms with Gasteiger partial charge in [0.25, 0.3) is 0 Å². The molecule has 1 rings (SSSR count). The van der Waals surface area contributed by atoms with Crippen molar-refractivity contribution in [1.82, 2.24) is 4.98 Å². The maximum atomic E-state index is 12.2. The number of nitrogens with zero attached hydrogens (tertiary/aromatic N) is 1. The largest absolute Gasteiger partial charge is 0.573 e. The van der Waals surface area contributed by atoms with E-state index < -0.39 is 24.5 Å². The van der Waals surface area contributed by atoms with Crippen molar-refractivity contribution < 1.29 is 27.8 Å². The third-order valence-electron chi connectivity index (χ3n) is 1.88. The predicted molar refractivity (Wildman–Crippen MR) is 67.6 cm³/mol. The predicted octanol–water partition coefficient (Wildman–Crippen LogP) is 3.11. The number of halogens is 5. The topological polar surface area (TPSA) is 59.4 Å². The van der Waals surface area contributed by atoms with Gasteiger partial charge in [0.05, 0.1) is 6.42 Å². The summed E-state index contributed by atoms with van der Waals surface area (Å²) >= 11 is 4.61. The standard InChI is InChI=1S/C9H6BrF3INO3/c10-2-5-4(1-6(16)17)3-15-8(14)7(5)18-9(11,12)13/h3H,1-2H2,(H,16,17). The number of carboxylic acids is 1. The second kappa shape index (κ2) is 6.04. The first kappa shape index (κ1) is 15.5. The molecule has 0 unspecified atom stereocenters. The van der Waals surface area contributed by atoms with Crippen LogP contribution in [0.2, 0.25) is 0 Å². The third-order valence-corrected chi connectivity index (χ3v) is 3.21. The van der Waals surface area contributed by atoms with Gasteiger partial charge in [-0.25, -0.2) is 4.98 Å². The zero-order chi connectivity index (χ0) is 13.9. The van der Waals surface area contributed by atoms with Gasteiger partial charge in [-0.2, -0.15) is 0 Å². The Labute approximate surface area is 122 Å². The van der Waals surface area contributed by atoms with Gasteiger partial charge < -0.3 is 9.84 Å². The number of hydrogen-bond donors (Lipinski definition) is 1. The molecule has 0 fully saturated rings. The van der Waals surface area contributed by atoms with Gasteiger partial charge in [0.2, 0.25) is 0 Å². The summed E-state index contributed by atoms with van der Waals surface area (Å²) in [6, 6.07) is 0. The van der Waals surface area contributed by atoms with E-state index in [9.17, 15) is 18.0 Å². The highest BCUT2D eigenvalue weighted by molar-refractivity contribution is 14.1. The first-order chi connectivity index (χ1) is 8.24. The summed E-state index contributed by atoms with van der Waals surface area (Å²) in [6.45, 7) is 0. The van der Waals surface area contributed by atoms with E-state index in [-0.39, 0.29) is 20.2 Å². The molecule has 0 aliphatic carbocycles. The fourth-order valence-corrected chi connectivity index (χ4v) is 2.41. The number of alkyl halides is 4. The van der Waals surface area contributed by atoms with Crippen LogP contribution >= 0.6 is 38.5 Å². The minimum Gasteiger partial charge on any atom is -0.481 e. The second-order valence-electron chi connectivity index (χ2n) is 3.13. The molecule has 1 N–H and O–H groups in total. The number of pyridine rings is 1. The Balaban J connectivity index is 3.25. The summed E-state index contributed by atoms with van der Waals surface area (Å²) in [4.78, 5) is 14.3. The van der Waals surface area contributed by atoms with Gasteiger partial charge >= 0.3 is 12.3 Å². The lowest BCUT2D eigenvalue weighted by Crippen LogP contribution is -2.20. The molecule has 0 spiro atoms. The highest BCUT2D eigenvalue weighted by Crippen LogP contribution is 2.33. The van der Waals surface area contributed by atoms with Crippen LogP contribution in [0.4, 0.5) is 13.2 Å². The van der Waals surface area contributed by atoms with Crippen molar-refractivity contribution in [3.63, 3.8) is 0 Å². The molecule has 100 valence electrons. The average Bonchev–Trinajstić information content (AvgIpc) is 2.20. The Hall–Kier alpha value is -0.580. The van der Waals surface area contributed by atoms with Crippen molar-refractivity contribution in [2.75, 3.05) is 0 Å². The quantitative estimate of drug-likeness (QED) is 0.445. The summed E-state index contributed by atoms with van der Waals surface area (Å²) in [7, 11) is 0. The van der Waals surface area contributed by atoms with Crippen LogP contribution in [0, 0.1) is 3.70 Å². The molecule has 1 aromatic rings. The normalized spacial score (nSPS) is 11.4. The lowest BCUT2D eigenvalue weighted by molar-refractivity contribution is -0.275. The number of aromatic nitrogens is 1. The number of carboxylic acid groups (broad SMARTS) is 1. The van der Waals surface area contributed by atoms with E-state index in [2.05, 4.69) is 25.7 Å². The van der Waals surface area contributed by atoms with Crippen LogP contribution in [0.25, 0.3) is 0 Å². The van der Waals surface area contributed by atoms with Crippen molar-refractivity contribution in [2.24, 2.45) is 0 Å². The molecule has 0 saturated carbocycles. The lowest BCUT2D eigenvalue weighted by atomic mass is 10.1. The molecule has 0 radical (unpaired) electrons. The van der Waals surface area contributed by atoms with Crippen molar-refractivity contribution in [2.45, 2.75) is 18.1 Å². The Morgan fingerprint density at radius 1 is 1.56 bits per heavy atom. The summed E-state index contributed by atoms with van der Waals surface area (Å²) < 4.78 is 40.6. The van der Waals surface area contributed by atoms with E-state index in [1.165, 1.54) is 6.20 Å². The Morgan fingerprint density at radius 3 is 2.61 bits per heavy atom. The molecular formula is C9H6BrF3INO3. The van der Waals surface area contributed by atoms with Crippen LogP contribution in [-0.4, -0.2) is 22.4 Å². The zero-order valence-corrected chi connectivity index (χ0v) is 12.3. The molecule has 0 aliphatic heterocycles. The van der Waals surface area contributed by atoms with Gasteiger partial charge in [0, 0.05) is 17.1 Å². The molecule has 0 bridgehead atoms. The molecular weight excluding hydrogens is 434 g/mol. The SMILES string of the molecule is O=C(O)Cc1cnc(I)c(OC(F)(F)F)c1CBr. The molecule has 0 saturated heterocycles. The number of rotatable bonds is 4. The van der Waals surface area contributed by atoms with Crippen LogP contribution < -0.4 is 4.74 Å². The number of aliphatic carboxylic acids is 1. The summed E-state index contributed by atoms with van der Waals surface area (Å²) in [5.41, 5.74) is 0.313. The van der Waals surface area contributed by atoms with Crippen molar-refractivity contribution in [3.8, 4) is 5.75 Å². The van der Waals surface area contributed by atoms with Crippen LogP contribution in [0.1, 0.15) is 11.1 Å². The van der Waals surface area contributed by atoms with Crippen molar-refractivity contribution >= 4 is 44.5 Å². The Bertz CT molecular complexity index is 467. The van der Waals surface area contributed by atoms with E-state index in [1.54, 1.807) is 22.6 Å². The van der Waals surface area contributed by atoms with Crippen LogP contribution in [0.5, 0.6) is 5.75 Å². The number of carbonyl (C=O) groups is 1. The van der Waals surface area contributed by atoms with Gasteiger partial charge in [0.1, 0.15) is 3.70 Å². The van der Waals surface area contributed by atoms with Crippen molar-refractivity contribution in [3.05, 3.63) is 21.0 Å². The Morgan fingerprint density at radius 2 is 2.17 bits per heavy atom. The summed E-state index contributed by atoms with van der Waals surface area (Å²) in [5.74, 6) is -1.61. The number of hydrogen-bond acceptors (Lipinski definition) is 3. The van der Waals surface area contributed by atoms with E-state index in [0.29, 0.717) is 0 Å². The van der Waals surface area contributed by atoms with E-state index in [4.69, 9.17) is 5.11 Å². The van der Waals surface area contributed by atoms with Gasteiger partial charge in [-0.1, -0.05) is 15.9 Å². The molecule has 9 heteroatoms. The fourth-order valence-electron chi connectivity index (χ4n) is 1.22. The van der Waals surface area contributed by atoms with Gasteiger partial charge in [-0.3, -0.25) is 4.79 Å². The fraction of sp³-hybridized carbons (Fsp3) is 0.333. The molecule has 1 aromatic heterocycles. The Kier molecular flexibility index (Phi) is 5.20. The molecule has 18 heavy (non-hydrogen) atoms. The minimum atomic E-state index is -4.85. The highest BCUT2D eigenvalue weighted by atomic mass is 127. The minimum absolute atomic E-state index is 0.0218. The molecule has 0 aromatic carbocycles. The first-order valence-corrected chi connectivity index (χ1v) is 6.64. The van der Waals surface area contributed by atoms with E-state index >= 15 is 0 Å². The monoisotopic (exact) mass is 439 g/mol. The molecule has 0 amide bonds. The smallest absolute Gasteiger partial charge is 0.481 e. The van der Waals surface area contributed by atoms with Gasteiger partial charge in [0.15, 0.2) is 5.75 Å². The van der Waals surface area contributed by atoms with Gasteiger partial charge in [-0.05, 0) is 28.2 Å². The highest BCUT2D eigenvalue weighted by Gasteiger charge is 2.34. The maximum Gasteiger partial charge on any atom is 0.573 e. The van der Waals surface area contributed by atoms with Crippen LogP contribution in [-0.2, 0) is 16.5 Å². The second-order valence-corrected chi connectivity index (χ2v) is 4.72.